The number of hydrogen-bond acceptors (Lipinski definition) is 2. The van der Waals surface area contributed by atoms with Crippen LogP contribution in [0.5, 0.6) is 5.75 Å². The predicted molar refractivity (Wildman–Crippen MR) is 40.9 cm³/mol. The van der Waals surface area contributed by atoms with E-state index in [0.29, 0.717) is 0 Å². The van der Waals surface area contributed by atoms with Gasteiger partial charge in [0.25, 0.3) is 0 Å². The molecule has 1 aromatic rings. The van der Waals surface area contributed by atoms with Crippen molar-refractivity contribution in [3.05, 3.63) is 29.1 Å². The highest BCUT2D eigenvalue weighted by Gasteiger charge is 2.19. The first-order valence-corrected chi connectivity index (χ1v) is 3.57. The average molecular weight is 205 g/mol. The van der Waals surface area contributed by atoms with E-state index in [4.69, 9.17) is 10.8 Å². The van der Waals surface area contributed by atoms with Crippen LogP contribution in [0.2, 0.25) is 0 Å². The molecule has 3 N–H and O–H groups in total. The summed E-state index contributed by atoms with van der Waals surface area (Å²) in [6.45, 7) is 0. The summed E-state index contributed by atoms with van der Waals surface area (Å²) in [5.74, 6) is -6.47. The van der Waals surface area contributed by atoms with Gasteiger partial charge in [-0.2, -0.15) is 0 Å². The maximum Gasteiger partial charge on any atom is 0.222 e. The second-order valence-corrected chi connectivity index (χ2v) is 2.62. The number of carbonyl (C=O) groups excluding carboxylic acids is 1. The number of primary amides is 1. The van der Waals surface area contributed by atoms with Crippen LogP contribution in [0.25, 0.3) is 0 Å². The van der Waals surface area contributed by atoms with Crippen LogP contribution in [0, 0.1) is 17.5 Å². The molecule has 3 nitrogen and oxygen atoms in total. The Morgan fingerprint density at radius 1 is 1.36 bits per heavy atom. The summed E-state index contributed by atoms with van der Waals surface area (Å²) in [7, 11) is 0. The van der Waals surface area contributed by atoms with Crippen molar-refractivity contribution in [3.63, 3.8) is 0 Å². The molecule has 0 saturated carbocycles. The van der Waals surface area contributed by atoms with Crippen molar-refractivity contribution in [2.45, 2.75) is 6.42 Å². The maximum atomic E-state index is 12.9. The van der Waals surface area contributed by atoms with Gasteiger partial charge in [0.15, 0.2) is 17.4 Å². The Bertz CT molecular complexity index is 393. The molecule has 0 fully saturated rings. The van der Waals surface area contributed by atoms with E-state index >= 15 is 0 Å². The quantitative estimate of drug-likeness (QED) is 0.751. The molecule has 0 aliphatic rings. The lowest BCUT2D eigenvalue weighted by Crippen LogP contribution is -2.16. The van der Waals surface area contributed by atoms with Crippen LogP contribution in [-0.4, -0.2) is 11.0 Å². The third-order valence-corrected chi connectivity index (χ3v) is 1.59. The summed E-state index contributed by atoms with van der Waals surface area (Å²) < 4.78 is 38.3. The van der Waals surface area contributed by atoms with Gasteiger partial charge in [-0.25, -0.2) is 13.2 Å². The lowest BCUT2D eigenvalue weighted by molar-refractivity contribution is -0.117. The number of phenols is 1. The van der Waals surface area contributed by atoms with E-state index in [-0.39, 0.29) is 6.07 Å². The molecule has 0 bridgehead atoms. The number of aromatic hydroxyl groups is 1. The fourth-order valence-electron chi connectivity index (χ4n) is 0.956. The topological polar surface area (TPSA) is 63.3 Å². The molecule has 0 aromatic heterocycles. The Labute approximate surface area is 77.0 Å². The fourth-order valence-corrected chi connectivity index (χ4v) is 0.956. The van der Waals surface area contributed by atoms with Gasteiger partial charge < -0.3 is 10.8 Å². The van der Waals surface area contributed by atoms with Crippen LogP contribution in [0.3, 0.4) is 0 Å². The number of phenolic OH excluding ortho intramolecular Hbond substituents is 1. The monoisotopic (exact) mass is 205 g/mol. The van der Waals surface area contributed by atoms with Crippen LogP contribution >= 0.6 is 0 Å². The molecule has 0 radical (unpaired) electrons. The smallest absolute Gasteiger partial charge is 0.222 e. The van der Waals surface area contributed by atoms with Crippen molar-refractivity contribution < 1.29 is 23.1 Å². The molecular weight excluding hydrogens is 199 g/mol. The minimum atomic E-state index is -1.50. The van der Waals surface area contributed by atoms with Crippen LogP contribution < -0.4 is 5.73 Å². The minimum Gasteiger partial charge on any atom is -0.503 e. The molecule has 1 aromatic carbocycles. The van der Waals surface area contributed by atoms with Crippen molar-refractivity contribution in [2.75, 3.05) is 0 Å². The van der Waals surface area contributed by atoms with Gasteiger partial charge in [-0.05, 0) is 0 Å². The molecule has 14 heavy (non-hydrogen) atoms. The molecule has 76 valence electrons. The average Bonchev–Trinajstić information content (AvgIpc) is 2.09. The Morgan fingerprint density at radius 3 is 2.43 bits per heavy atom. The van der Waals surface area contributed by atoms with Crippen molar-refractivity contribution >= 4 is 5.91 Å². The zero-order valence-corrected chi connectivity index (χ0v) is 6.85. The van der Waals surface area contributed by atoms with Gasteiger partial charge in [0.05, 0.1) is 6.42 Å². The zero-order valence-electron chi connectivity index (χ0n) is 6.85. The highest BCUT2D eigenvalue weighted by atomic mass is 19.1. The molecule has 0 unspecified atom stereocenters. The molecule has 1 rings (SSSR count). The highest BCUT2D eigenvalue weighted by Crippen LogP contribution is 2.25. The minimum absolute atomic E-state index is 0.288. The summed E-state index contributed by atoms with van der Waals surface area (Å²) in [6, 6.07) is 0.288. The predicted octanol–water partition coefficient (Wildman–Crippen LogP) is 0.837. The number of amides is 1. The molecule has 1 amide bonds. The molecular formula is C8H6F3NO2. The first kappa shape index (κ1) is 10.4. The van der Waals surface area contributed by atoms with E-state index in [0.717, 1.165) is 0 Å². The molecule has 0 saturated heterocycles. The van der Waals surface area contributed by atoms with Gasteiger partial charge in [0, 0.05) is 11.6 Å². The second-order valence-electron chi connectivity index (χ2n) is 2.62. The van der Waals surface area contributed by atoms with Crippen LogP contribution in [0.15, 0.2) is 6.07 Å². The van der Waals surface area contributed by atoms with Crippen molar-refractivity contribution in [1.82, 2.24) is 0 Å². The number of halogens is 3. The van der Waals surface area contributed by atoms with E-state index in [1.165, 1.54) is 0 Å². The number of rotatable bonds is 2. The van der Waals surface area contributed by atoms with E-state index < -0.39 is 41.1 Å². The molecule has 0 aliphatic heterocycles. The van der Waals surface area contributed by atoms with E-state index in [2.05, 4.69) is 0 Å². The third kappa shape index (κ3) is 1.78. The first-order valence-electron chi connectivity index (χ1n) is 3.57. The molecule has 0 spiro atoms. The molecule has 0 aliphatic carbocycles. The van der Waals surface area contributed by atoms with Crippen LogP contribution in [0.4, 0.5) is 13.2 Å². The highest BCUT2D eigenvalue weighted by molar-refractivity contribution is 5.76. The Balaban J connectivity index is 3.29. The van der Waals surface area contributed by atoms with Crippen LogP contribution in [-0.2, 0) is 11.2 Å². The van der Waals surface area contributed by atoms with E-state index in [1.807, 2.05) is 0 Å². The van der Waals surface area contributed by atoms with Crippen molar-refractivity contribution in [3.8, 4) is 5.75 Å². The number of carbonyl (C=O) groups is 1. The van der Waals surface area contributed by atoms with Gasteiger partial charge in [0.1, 0.15) is 5.82 Å². The SMILES string of the molecule is NC(=O)Cc1c(F)cc(F)c(O)c1F. The van der Waals surface area contributed by atoms with Crippen molar-refractivity contribution in [1.29, 1.82) is 0 Å². The lowest BCUT2D eigenvalue weighted by atomic mass is 10.1. The normalized spacial score (nSPS) is 10.2. The second kappa shape index (κ2) is 3.57. The summed E-state index contributed by atoms with van der Waals surface area (Å²) in [4.78, 5) is 10.4. The van der Waals surface area contributed by atoms with Gasteiger partial charge >= 0.3 is 0 Å². The standard InChI is InChI=1S/C8H6F3NO2/c9-4-2-5(10)8(14)7(11)3(4)1-6(12)13/h2,14H,1H2,(H2,12,13). The Morgan fingerprint density at radius 2 is 1.93 bits per heavy atom. The summed E-state index contributed by atoms with van der Waals surface area (Å²) in [6.07, 6.45) is -0.731. The Hall–Kier alpha value is -1.72. The number of hydrogen-bond donors (Lipinski definition) is 2. The third-order valence-electron chi connectivity index (χ3n) is 1.59. The number of benzene rings is 1. The molecule has 0 heterocycles. The summed E-state index contributed by atoms with van der Waals surface area (Å²) in [5, 5.41) is 8.76. The van der Waals surface area contributed by atoms with Gasteiger partial charge in [0.2, 0.25) is 5.91 Å². The molecule has 6 heteroatoms. The van der Waals surface area contributed by atoms with E-state index in [9.17, 15) is 18.0 Å². The van der Waals surface area contributed by atoms with Gasteiger partial charge in [-0.1, -0.05) is 0 Å². The maximum absolute atomic E-state index is 12.9. The Kier molecular flexibility index (Phi) is 2.64. The van der Waals surface area contributed by atoms with Gasteiger partial charge in [-0.15, -0.1) is 0 Å². The van der Waals surface area contributed by atoms with E-state index in [1.54, 1.807) is 0 Å². The van der Waals surface area contributed by atoms with Gasteiger partial charge in [-0.3, -0.25) is 4.79 Å². The van der Waals surface area contributed by atoms with Crippen LogP contribution in [0.1, 0.15) is 5.56 Å². The summed E-state index contributed by atoms with van der Waals surface area (Å²) in [5.41, 5.74) is 3.96. The fraction of sp³-hybridized carbons (Fsp3) is 0.125. The van der Waals surface area contributed by atoms with Crippen molar-refractivity contribution in [2.24, 2.45) is 5.73 Å². The molecule has 0 atom stereocenters. The summed E-state index contributed by atoms with van der Waals surface area (Å²) >= 11 is 0. The first-order chi connectivity index (χ1) is 6.43. The zero-order chi connectivity index (χ0) is 10.9. The largest absolute Gasteiger partial charge is 0.503 e. The lowest BCUT2D eigenvalue weighted by Gasteiger charge is -2.04. The number of nitrogens with two attached hydrogens (primary N) is 1.